The Labute approximate surface area is 194 Å². The molecule has 2 aromatic carbocycles. The van der Waals surface area contributed by atoms with Crippen molar-refractivity contribution in [3.8, 4) is 0 Å². The van der Waals surface area contributed by atoms with Crippen molar-refractivity contribution < 1.29 is 48.2 Å². The molecular weight excluding hydrogens is 460 g/mol. The topological polar surface area (TPSA) is 121 Å². The second kappa shape index (κ2) is 12.6. The summed E-state index contributed by atoms with van der Waals surface area (Å²) >= 11 is 0. The van der Waals surface area contributed by atoms with Gasteiger partial charge in [-0.3, -0.25) is 0 Å². The fourth-order valence-corrected chi connectivity index (χ4v) is 3.94. The summed E-state index contributed by atoms with van der Waals surface area (Å²) in [6, 6.07) is 5.68. The lowest BCUT2D eigenvalue weighted by Crippen LogP contribution is -2.52. The van der Waals surface area contributed by atoms with E-state index >= 15 is 0 Å². The number of halogens is 4. The molecule has 0 heterocycles. The zero-order chi connectivity index (χ0) is 25.6. The van der Waals surface area contributed by atoms with Gasteiger partial charge in [0.05, 0.1) is 12.7 Å². The second-order valence-electron chi connectivity index (χ2n) is 8.57. The molecule has 3 unspecified atom stereocenters. The number of aliphatic hydroxyl groups excluding tert-OH is 6. The summed E-state index contributed by atoms with van der Waals surface area (Å²) < 4.78 is 55.5. The predicted molar refractivity (Wildman–Crippen MR) is 115 cm³/mol. The molecule has 0 aliphatic rings. The third-order valence-electron chi connectivity index (χ3n) is 6.14. The zero-order valence-electron chi connectivity index (χ0n) is 18.5. The smallest absolute Gasteiger partial charge is 0.126 e. The summed E-state index contributed by atoms with van der Waals surface area (Å²) in [7, 11) is 0. The van der Waals surface area contributed by atoms with Crippen LogP contribution in [0.5, 0.6) is 0 Å². The van der Waals surface area contributed by atoms with Crippen molar-refractivity contribution in [1.82, 2.24) is 0 Å². The van der Waals surface area contributed by atoms with Gasteiger partial charge in [0.2, 0.25) is 0 Å². The summed E-state index contributed by atoms with van der Waals surface area (Å²) in [5.74, 6) is -4.41. The van der Waals surface area contributed by atoms with Gasteiger partial charge in [0, 0.05) is 0 Å². The van der Waals surface area contributed by atoms with E-state index in [2.05, 4.69) is 0 Å². The Hall–Kier alpha value is -2.08. The van der Waals surface area contributed by atoms with Gasteiger partial charge in [0.15, 0.2) is 0 Å². The molecule has 0 aliphatic carbocycles. The maximum atomic E-state index is 14.3. The van der Waals surface area contributed by atoms with Crippen LogP contribution < -0.4 is 0 Å². The number of hydrogen-bond donors (Lipinski definition) is 6. The third-order valence-corrected chi connectivity index (χ3v) is 6.14. The summed E-state index contributed by atoms with van der Waals surface area (Å²) in [6.07, 6.45) is -9.84. The van der Waals surface area contributed by atoms with Gasteiger partial charge in [-0.25, -0.2) is 17.6 Å². The van der Waals surface area contributed by atoms with Crippen LogP contribution in [0.3, 0.4) is 0 Å². The van der Waals surface area contributed by atoms with Gasteiger partial charge in [-0.1, -0.05) is 6.92 Å². The van der Waals surface area contributed by atoms with Crippen molar-refractivity contribution in [3.63, 3.8) is 0 Å². The minimum Gasteiger partial charge on any atom is -0.394 e. The maximum Gasteiger partial charge on any atom is 0.126 e. The molecule has 2 aromatic rings. The normalized spacial score (nSPS) is 18.1. The number of hydrogen-bond acceptors (Lipinski definition) is 6. The Balaban J connectivity index is 2.28. The van der Waals surface area contributed by atoms with E-state index in [0.717, 1.165) is 36.4 Å². The Morgan fingerprint density at radius 1 is 0.706 bits per heavy atom. The van der Waals surface area contributed by atoms with Crippen LogP contribution in [0.2, 0.25) is 0 Å². The largest absolute Gasteiger partial charge is 0.394 e. The maximum absolute atomic E-state index is 14.3. The molecule has 7 atom stereocenters. The van der Waals surface area contributed by atoms with Gasteiger partial charge in [-0.15, -0.1) is 0 Å². The SMILES string of the molecule is CC(CCc1cc(F)ccc1F)C(Cc1cc(F)ccc1F)C(O)[C@@H](O)[C@@H](O)[C@H](O)[C@@H](O)CO. The van der Waals surface area contributed by atoms with Crippen molar-refractivity contribution in [2.45, 2.75) is 56.7 Å². The van der Waals surface area contributed by atoms with Gasteiger partial charge in [0.1, 0.15) is 47.7 Å². The average molecular weight is 490 g/mol. The first kappa shape index (κ1) is 28.2. The predicted octanol–water partition coefficient (Wildman–Crippen LogP) is 1.47. The number of aliphatic hydroxyl groups is 6. The van der Waals surface area contributed by atoms with Gasteiger partial charge >= 0.3 is 0 Å². The van der Waals surface area contributed by atoms with Crippen LogP contribution >= 0.6 is 0 Å². The molecule has 0 bridgehead atoms. The first-order chi connectivity index (χ1) is 16.0. The van der Waals surface area contributed by atoms with Crippen molar-refractivity contribution in [3.05, 3.63) is 70.8 Å². The average Bonchev–Trinajstić information content (AvgIpc) is 2.82. The van der Waals surface area contributed by atoms with Crippen molar-refractivity contribution in [2.75, 3.05) is 6.61 Å². The zero-order valence-corrected chi connectivity index (χ0v) is 18.5. The van der Waals surface area contributed by atoms with E-state index in [-0.39, 0.29) is 30.4 Å². The van der Waals surface area contributed by atoms with E-state index in [1.807, 2.05) is 0 Å². The van der Waals surface area contributed by atoms with E-state index in [1.165, 1.54) is 0 Å². The number of benzene rings is 2. The molecule has 34 heavy (non-hydrogen) atoms. The fourth-order valence-electron chi connectivity index (χ4n) is 3.94. The van der Waals surface area contributed by atoms with E-state index in [0.29, 0.717) is 0 Å². The highest BCUT2D eigenvalue weighted by Crippen LogP contribution is 2.30. The minimum atomic E-state index is -2.08. The second-order valence-corrected chi connectivity index (χ2v) is 8.57. The molecule has 2 rings (SSSR count). The van der Waals surface area contributed by atoms with Crippen molar-refractivity contribution >= 4 is 0 Å². The summed E-state index contributed by atoms with van der Waals surface area (Å²) in [4.78, 5) is 0. The van der Waals surface area contributed by atoms with Gasteiger partial charge in [-0.2, -0.15) is 0 Å². The fraction of sp³-hybridized carbons (Fsp3) is 0.500. The van der Waals surface area contributed by atoms with Crippen LogP contribution in [0.4, 0.5) is 17.6 Å². The highest BCUT2D eigenvalue weighted by Gasteiger charge is 2.39. The number of rotatable bonds is 12. The molecule has 0 saturated heterocycles. The molecule has 6 N–H and O–H groups in total. The van der Waals surface area contributed by atoms with Crippen LogP contribution in [0.15, 0.2) is 36.4 Å². The van der Waals surface area contributed by atoms with Gasteiger partial charge in [0.25, 0.3) is 0 Å². The van der Waals surface area contributed by atoms with E-state index in [4.69, 9.17) is 5.11 Å². The van der Waals surface area contributed by atoms with E-state index in [1.54, 1.807) is 6.92 Å². The Kier molecular flexibility index (Phi) is 10.4. The first-order valence-corrected chi connectivity index (χ1v) is 10.8. The van der Waals surface area contributed by atoms with E-state index < -0.39 is 72.2 Å². The molecule has 10 heteroatoms. The lowest BCUT2D eigenvalue weighted by molar-refractivity contribution is -0.152. The molecule has 0 spiro atoms. The van der Waals surface area contributed by atoms with Crippen LogP contribution in [0.25, 0.3) is 0 Å². The quantitative estimate of drug-likeness (QED) is 0.251. The molecule has 0 amide bonds. The Bertz CT molecular complexity index is 930. The van der Waals surface area contributed by atoms with E-state index in [9.17, 15) is 43.1 Å². The monoisotopic (exact) mass is 490 g/mol. The first-order valence-electron chi connectivity index (χ1n) is 10.8. The van der Waals surface area contributed by atoms with Crippen LogP contribution in [-0.2, 0) is 12.8 Å². The standard InChI is InChI=1S/C24H30F4O6/c1-12(2-3-13-8-15(25)4-6-18(13)27)17(10-14-9-16(26)5-7-19(14)28)21(31)23(33)24(34)22(32)20(30)11-29/h4-9,12,17,20-24,29-34H,2-3,10-11H2,1H3/t12?,17?,20-,21?,22+,23+,24-/m0/s1. The lowest BCUT2D eigenvalue weighted by atomic mass is 9.77. The van der Waals surface area contributed by atoms with Crippen LogP contribution in [0, 0.1) is 35.1 Å². The van der Waals surface area contributed by atoms with Crippen LogP contribution in [-0.4, -0.2) is 67.8 Å². The van der Waals surface area contributed by atoms with Gasteiger partial charge in [-0.05, 0) is 78.6 Å². The summed E-state index contributed by atoms with van der Waals surface area (Å²) in [6.45, 7) is 0.676. The molecule has 0 saturated carbocycles. The Morgan fingerprint density at radius 2 is 1.21 bits per heavy atom. The summed E-state index contributed by atoms with van der Waals surface area (Å²) in [5.41, 5.74) is -0.0513. The summed E-state index contributed by atoms with van der Waals surface area (Å²) in [5, 5.41) is 59.8. The number of aryl methyl sites for hydroxylation is 1. The highest BCUT2D eigenvalue weighted by atomic mass is 19.1. The molecule has 0 fully saturated rings. The molecule has 0 aromatic heterocycles. The molecule has 6 nitrogen and oxygen atoms in total. The minimum absolute atomic E-state index is 0.0319. The van der Waals surface area contributed by atoms with Crippen LogP contribution in [0.1, 0.15) is 24.5 Å². The van der Waals surface area contributed by atoms with Crippen molar-refractivity contribution in [2.24, 2.45) is 11.8 Å². The molecule has 0 radical (unpaired) electrons. The third kappa shape index (κ3) is 7.21. The molecule has 0 aliphatic heterocycles. The molecular formula is C24H30F4O6. The van der Waals surface area contributed by atoms with Gasteiger partial charge < -0.3 is 30.6 Å². The Morgan fingerprint density at radius 3 is 1.76 bits per heavy atom. The molecule has 190 valence electrons. The lowest BCUT2D eigenvalue weighted by Gasteiger charge is -2.35. The van der Waals surface area contributed by atoms with Crippen molar-refractivity contribution in [1.29, 1.82) is 0 Å². The highest BCUT2D eigenvalue weighted by molar-refractivity contribution is 5.21.